The van der Waals surface area contributed by atoms with Gasteiger partial charge in [0.2, 0.25) is 5.95 Å². The summed E-state index contributed by atoms with van der Waals surface area (Å²) in [7, 11) is 0. The first-order valence-electron chi connectivity index (χ1n) is 11.6. The van der Waals surface area contributed by atoms with E-state index in [9.17, 15) is 0 Å². The van der Waals surface area contributed by atoms with Crippen LogP contribution in [0.15, 0.2) is 47.7 Å². The second-order valence-corrected chi connectivity index (χ2v) is 8.14. The Balaban J connectivity index is 0.00000306. The predicted molar refractivity (Wildman–Crippen MR) is 141 cm³/mol. The lowest BCUT2D eigenvalue weighted by molar-refractivity contribution is -0.0390. The van der Waals surface area contributed by atoms with Crippen LogP contribution in [0.4, 0.5) is 5.95 Å². The number of aliphatic imine (C=N–C) groups is 1. The summed E-state index contributed by atoms with van der Waals surface area (Å²) in [4.78, 5) is 18.2. The van der Waals surface area contributed by atoms with Crippen LogP contribution in [0.25, 0.3) is 0 Å². The molecule has 0 unspecified atom stereocenters. The highest BCUT2D eigenvalue weighted by atomic mass is 127. The van der Waals surface area contributed by atoms with Gasteiger partial charge >= 0.3 is 0 Å². The molecule has 0 atom stereocenters. The van der Waals surface area contributed by atoms with Crippen molar-refractivity contribution in [3.8, 4) is 0 Å². The highest BCUT2D eigenvalue weighted by molar-refractivity contribution is 14.0. The minimum absolute atomic E-state index is 0. The zero-order valence-electron chi connectivity index (χ0n) is 19.4. The lowest BCUT2D eigenvalue weighted by Crippen LogP contribution is -2.52. The number of hydrogen-bond acceptors (Lipinski definition) is 6. The van der Waals surface area contributed by atoms with Crippen LogP contribution in [0.1, 0.15) is 30.9 Å². The smallest absolute Gasteiger partial charge is 0.225 e. The predicted octanol–water partition coefficient (Wildman–Crippen LogP) is 3.08. The summed E-state index contributed by atoms with van der Waals surface area (Å²) >= 11 is 0. The number of rotatable bonds is 7. The highest BCUT2D eigenvalue weighted by Crippen LogP contribution is 2.15. The van der Waals surface area contributed by atoms with E-state index in [4.69, 9.17) is 14.5 Å². The molecule has 2 saturated heterocycles. The van der Waals surface area contributed by atoms with Gasteiger partial charge < -0.3 is 24.6 Å². The molecule has 180 valence electrons. The number of benzene rings is 1. The van der Waals surface area contributed by atoms with Gasteiger partial charge in [0.1, 0.15) is 0 Å². The van der Waals surface area contributed by atoms with E-state index >= 15 is 0 Å². The number of ether oxygens (including phenoxy) is 2. The summed E-state index contributed by atoms with van der Waals surface area (Å²) in [5.41, 5.74) is 2.40. The van der Waals surface area contributed by atoms with Crippen LogP contribution in [-0.2, 0) is 22.6 Å². The number of piperazine rings is 1. The number of guanidine groups is 1. The maximum Gasteiger partial charge on any atom is 0.225 e. The first kappa shape index (κ1) is 25.6. The Morgan fingerprint density at radius 1 is 1.09 bits per heavy atom. The van der Waals surface area contributed by atoms with Gasteiger partial charge in [-0.1, -0.05) is 24.3 Å². The van der Waals surface area contributed by atoms with Crippen molar-refractivity contribution in [2.45, 2.75) is 39.0 Å². The van der Waals surface area contributed by atoms with E-state index in [0.29, 0.717) is 19.3 Å². The number of hydrogen-bond donors (Lipinski definition) is 1. The molecule has 2 fully saturated rings. The minimum atomic E-state index is 0. The Bertz CT molecular complexity index is 855. The summed E-state index contributed by atoms with van der Waals surface area (Å²) in [6.07, 6.45) is 5.87. The van der Waals surface area contributed by atoms with Crippen LogP contribution < -0.4 is 10.2 Å². The Morgan fingerprint density at radius 3 is 2.55 bits per heavy atom. The zero-order valence-corrected chi connectivity index (χ0v) is 21.7. The topological polar surface area (TPSA) is 75.1 Å². The molecule has 3 heterocycles. The Labute approximate surface area is 213 Å². The fourth-order valence-electron chi connectivity index (χ4n) is 4.04. The summed E-state index contributed by atoms with van der Waals surface area (Å²) in [5.74, 6) is 1.76. The van der Waals surface area contributed by atoms with Crippen molar-refractivity contribution in [1.29, 1.82) is 0 Å². The van der Waals surface area contributed by atoms with Gasteiger partial charge in [-0.3, -0.25) is 0 Å². The first-order valence-corrected chi connectivity index (χ1v) is 11.6. The van der Waals surface area contributed by atoms with Crippen molar-refractivity contribution in [1.82, 2.24) is 20.2 Å². The Hall–Kier alpha value is -1.98. The second-order valence-electron chi connectivity index (χ2n) is 8.14. The van der Waals surface area contributed by atoms with Crippen molar-refractivity contribution in [3.63, 3.8) is 0 Å². The molecule has 1 N–H and O–H groups in total. The molecule has 2 aliphatic rings. The molecule has 0 amide bonds. The zero-order chi connectivity index (χ0) is 22.0. The number of halogens is 1. The van der Waals surface area contributed by atoms with Gasteiger partial charge in [0.05, 0.1) is 19.3 Å². The summed E-state index contributed by atoms with van der Waals surface area (Å²) in [6, 6.07) is 10.4. The second kappa shape index (κ2) is 13.7. The number of nitrogens with one attached hydrogen (secondary N) is 1. The van der Waals surface area contributed by atoms with E-state index in [2.05, 4.69) is 56.3 Å². The lowest BCUT2D eigenvalue weighted by atomic mass is 10.1. The average Bonchev–Trinajstić information content (AvgIpc) is 2.87. The van der Waals surface area contributed by atoms with Crippen LogP contribution >= 0.6 is 24.0 Å². The first-order chi connectivity index (χ1) is 15.8. The standard InChI is InChI=1S/C24H34N6O2.HI/c1-2-25-23(29-11-13-30(14-12-29)24-26-9-4-10-27-24)28-18-20-5-3-6-21(17-20)19-32-22-7-15-31-16-8-22;/h3-6,9-10,17,22H,2,7-8,11-16,18-19H2,1H3,(H,25,28);1H. The number of aromatic nitrogens is 2. The van der Waals surface area contributed by atoms with E-state index in [1.807, 2.05) is 6.07 Å². The molecule has 1 aromatic carbocycles. The van der Waals surface area contributed by atoms with Crippen LogP contribution in [0, 0.1) is 0 Å². The highest BCUT2D eigenvalue weighted by Gasteiger charge is 2.21. The van der Waals surface area contributed by atoms with Gasteiger partial charge in [0, 0.05) is 58.3 Å². The van der Waals surface area contributed by atoms with Crippen molar-refractivity contribution >= 4 is 35.9 Å². The van der Waals surface area contributed by atoms with Gasteiger partial charge in [-0.25, -0.2) is 15.0 Å². The summed E-state index contributed by atoms with van der Waals surface area (Å²) in [6.45, 7) is 9.41. The fourth-order valence-corrected chi connectivity index (χ4v) is 4.04. The average molecular weight is 566 g/mol. The minimum Gasteiger partial charge on any atom is -0.381 e. The van der Waals surface area contributed by atoms with E-state index in [1.54, 1.807) is 12.4 Å². The third-order valence-electron chi connectivity index (χ3n) is 5.81. The molecule has 4 rings (SSSR count). The molecule has 2 aliphatic heterocycles. The molecule has 0 radical (unpaired) electrons. The molecule has 33 heavy (non-hydrogen) atoms. The van der Waals surface area contributed by atoms with Gasteiger partial charge in [0.15, 0.2) is 5.96 Å². The fraction of sp³-hybridized carbons (Fsp3) is 0.542. The molecule has 1 aromatic heterocycles. The maximum atomic E-state index is 6.08. The number of anilines is 1. The van der Waals surface area contributed by atoms with Gasteiger partial charge in [-0.2, -0.15) is 0 Å². The molecule has 9 heteroatoms. The van der Waals surface area contributed by atoms with Crippen molar-refractivity contribution in [2.24, 2.45) is 4.99 Å². The van der Waals surface area contributed by atoms with Crippen LogP contribution in [0.2, 0.25) is 0 Å². The van der Waals surface area contributed by atoms with E-state index in [0.717, 1.165) is 70.7 Å². The third-order valence-corrected chi connectivity index (χ3v) is 5.81. The lowest BCUT2D eigenvalue weighted by Gasteiger charge is -2.36. The van der Waals surface area contributed by atoms with Crippen molar-refractivity contribution < 1.29 is 9.47 Å². The van der Waals surface area contributed by atoms with E-state index in [1.165, 1.54) is 11.1 Å². The molecule has 0 bridgehead atoms. The SMILES string of the molecule is CCNC(=NCc1cccc(COC2CCOCC2)c1)N1CCN(c2ncccn2)CC1.I. The van der Waals surface area contributed by atoms with Gasteiger partial charge in [0.25, 0.3) is 0 Å². The molecular formula is C24H35IN6O2. The van der Waals surface area contributed by atoms with E-state index < -0.39 is 0 Å². The monoisotopic (exact) mass is 566 g/mol. The molecule has 0 spiro atoms. The quantitative estimate of drug-likeness (QED) is 0.314. The summed E-state index contributed by atoms with van der Waals surface area (Å²) < 4.78 is 11.5. The summed E-state index contributed by atoms with van der Waals surface area (Å²) in [5, 5.41) is 3.45. The third kappa shape index (κ3) is 7.79. The molecule has 0 aliphatic carbocycles. The Morgan fingerprint density at radius 2 is 1.82 bits per heavy atom. The van der Waals surface area contributed by atoms with Crippen LogP contribution in [0.3, 0.4) is 0 Å². The number of nitrogens with zero attached hydrogens (tertiary/aromatic N) is 5. The van der Waals surface area contributed by atoms with Crippen molar-refractivity contribution in [3.05, 3.63) is 53.9 Å². The van der Waals surface area contributed by atoms with Crippen LogP contribution in [-0.4, -0.2) is 72.9 Å². The normalized spacial score (nSPS) is 17.5. The maximum absolute atomic E-state index is 6.08. The van der Waals surface area contributed by atoms with E-state index in [-0.39, 0.29) is 24.0 Å². The van der Waals surface area contributed by atoms with Gasteiger partial charge in [-0.15, -0.1) is 24.0 Å². The molecule has 8 nitrogen and oxygen atoms in total. The van der Waals surface area contributed by atoms with Crippen molar-refractivity contribution in [2.75, 3.05) is 50.8 Å². The molecule has 0 saturated carbocycles. The van der Waals surface area contributed by atoms with Gasteiger partial charge in [-0.05, 0) is 37.0 Å². The Kier molecular flexibility index (Phi) is 10.6. The van der Waals surface area contributed by atoms with Crippen LogP contribution in [0.5, 0.6) is 0 Å². The largest absolute Gasteiger partial charge is 0.381 e. The molecular weight excluding hydrogens is 531 g/mol. The molecule has 2 aromatic rings.